The maximum Gasteiger partial charge on any atom is 0.326 e. The first-order chi connectivity index (χ1) is 11.1. The molecular weight excluding hydrogens is 319 g/mol. The van der Waals surface area contributed by atoms with Gasteiger partial charge < -0.3 is 4.74 Å². The zero-order valence-corrected chi connectivity index (χ0v) is 13.1. The lowest BCUT2D eigenvalue weighted by Crippen LogP contribution is -2.25. The van der Waals surface area contributed by atoms with Crippen LogP contribution in [-0.2, 0) is 16.1 Å². The van der Waals surface area contributed by atoms with Gasteiger partial charge in [-0.15, -0.1) is 11.3 Å². The summed E-state index contributed by atoms with van der Waals surface area (Å²) in [5.74, 6) is -0.833. The predicted molar refractivity (Wildman–Crippen MR) is 85.9 cm³/mol. The number of carbonyl (C=O) groups is 1. The van der Waals surface area contributed by atoms with Crippen LogP contribution < -0.4 is 5.56 Å². The third-order valence-corrected chi connectivity index (χ3v) is 4.21. The smallest absolute Gasteiger partial charge is 0.326 e. The average molecular weight is 332 g/mol. The van der Waals surface area contributed by atoms with E-state index in [2.05, 4.69) is 4.98 Å². The molecule has 3 rings (SSSR count). The van der Waals surface area contributed by atoms with E-state index in [-0.39, 0.29) is 24.5 Å². The highest BCUT2D eigenvalue weighted by Crippen LogP contribution is 2.30. The summed E-state index contributed by atoms with van der Waals surface area (Å²) in [4.78, 5) is 29.0. The summed E-state index contributed by atoms with van der Waals surface area (Å²) in [7, 11) is 0. The van der Waals surface area contributed by atoms with Crippen LogP contribution in [0.25, 0.3) is 21.3 Å². The number of carbonyl (C=O) groups excluding carboxylic acids is 1. The second-order valence-corrected chi connectivity index (χ2v) is 5.68. The molecule has 2 aromatic heterocycles. The van der Waals surface area contributed by atoms with Crippen LogP contribution in [-0.4, -0.2) is 22.1 Å². The van der Waals surface area contributed by atoms with Crippen molar-refractivity contribution in [2.75, 3.05) is 6.61 Å². The van der Waals surface area contributed by atoms with Crippen molar-refractivity contribution in [2.24, 2.45) is 0 Å². The van der Waals surface area contributed by atoms with Crippen LogP contribution in [0.1, 0.15) is 6.92 Å². The number of hydrogen-bond acceptors (Lipinski definition) is 5. The molecule has 1 aromatic carbocycles. The Balaban J connectivity index is 2.09. The molecule has 0 saturated heterocycles. The SMILES string of the molecule is CCOC(=O)Cn1cnc2scc(-c3ccc(F)cc3)c2c1=O. The molecule has 5 nitrogen and oxygen atoms in total. The number of benzene rings is 1. The van der Waals surface area contributed by atoms with E-state index in [0.717, 1.165) is 5.56 Å². The molecule has 0 saturated carbocycles. The topological polar surface area (TPSA) is 61.2 Å². The van der Waals surface area contributed by atoms with E-state index in [4.69, 9.17) is 4.74 Å². The van der Waals surface area contributed by atoms with E-state index in [0.29, 0.717) is 15.8 Å². The lowest BCUT2D eigenvalue weighted by molar-refractivity contribution is -0.143. The fourth-order valence-corrected chi connectivity index (χ4v) is 3.17. The van der Waals surface area contributed by atoms with Crippen LogP contribution in [0.15, 0.2) is 40.8 Å². The minimum absolute atomic E-state index is 0.186. The minimum atomic E-state index is -0.491. The van der Waals surface area contributed by atoms with Crippen LogP contribution in [0, 0.1) is 5.82 Å². The van der Waals surface area contributed by atoms with Gasteiger partial charge in [-0.3, -0.25) is 14.2 Å². The average Bonchev–Trinajstić information content (AvgIpc) is 2.96. The van der Waals surface area contributed by atoms with Gasteiger partial charge in [0, 0.05) is 10.9 Å². The molecule has 0 fully saturated rings. The van der Waals surface area contributed by atoms with Gasteiger partial charge in [-0.05, 0) is 24.6 Å². The molecule has 0 amide bonds. The largest absolute Gasteiger partial charge is 0.465 e. The van der Waals surface area contributed by atoms with Crippen molar-refractivity contribution in [3.8, 4) is 11.1 Å². The molecule has 118 valence electrons. The molecule has 0 unspecified atom stereocenters. The van der Waals surface area contributed by atoms with Crippen molar-refractivity contribution in [3.63, 3.8) is 0 Å². The Bertz CT molecular complexity index is 915. The molecule has 3 aromatic rings. The van der Waals surface area contributed by atoms with Gasteiger partial charge >= 0.3 is 5.97 Å². The molecule has 0 atom stereocenters. The van der Waals surface area contributed by atoms with Crippen molar-refractivity contribution in [2.45, 2.75) is 13.5 Å². The highest BCUT2D eigenvalue weighted by Gasteiger charge is 2.15. The molecule has 7 heteroatoms. The number of ether oxygens (including phenoxy) is 1. The number of fused-ring (bicyclic) bond motifs is 1. The van der Waals surface area contributed by atoms with Gasteiger partial charge in [-0.25, -0.2) is 9.37 Å². The van der Waals surface area contributed by atoms with Crippen LogP contribution in [0.4, 0.5) is 4.39 Å². The Morgan fingerprint density at radius 3 is 2.78 bits per heavy atom. The van der Waals surface area contributed by atoms with Gasteiger partial charge in [-0.2, -0.15) is 0 Å². The second-order valence-electron chi connectivity index (χ2n) is 4.82. The van der Waals surface area contributed by atoms with E-state index >= 15 is 0 Å². The van der Waals surface area contributed by atoms with E-state index in [1.807, 2.05) is 0 Å². The molecule has 0 bridgehead atoms. The lowest BCUT2D eigenvalue weighted by Gasteiger charge is -2.06. The summed E-state index contributed by atoms with van der Waals surface area (Å²) in [5.41, 5.74) is 1.09. The Hall–Kier alpha value is -2.54. The number of nitrogens with zero attached hydrogens (tertiary/aromatic N) is 2. The maximum atomic E-state index is 13.1. The van der Waals surface area contributed by atoms with Crippen LogP contribution in [0.3, 0.4) is 0 Å². The van der Waals surface area contributed by atoms with E-state index in [1.165, 1.54) is 34.4 Å². The molecule has 0 N–H and O–H groups in total. The Morgan fingerprint density at radius 2 is 2.09 bits per heavy atom. The fraction of sp³-hybridized carbons (Fsp3) is 0.188. The zero-order valence-electron chi connectivity index (χ0n) is 12.3. The molecule has 2 heterocycles. The quantitative estimate of drug-likeness (QED) is 0.689. The van der Waals surface area contributed by atoms with E-state index in [1.54, 1.807) is 24.4 Å². The first-order valence-electron chi connectivity index (χ1n) is 6.98. The molecule has 0 aliphatic carbocycles. The van der Waals surface area contributed by atoms with Gasteiger partial charge in [-0.1, -0.05) is 12.1 Å². The monoisotopic (exact) mass is 332 g/mol. The number of aromatic nitrogens is 2. The summed E-state index contributed by atoms with van der Waals surface area (Å²) in [6.07, 6.45) is 1.34. The fourth-order valence-electron chi connectivity index (χ4n) is 2.27. The lowest BCUT2D eigenvalue weighted by atomic mass is 10.1. The number of thiophene rings is 1. The van der Waals surface area contributed by atoms with Gasteiger partial charge in [0.25, 0.3) is 5.56 Å². The molecule has 0 spiro atoms. The van der Waals surface area contributed by atoms with Gasteiger partial charge in [0.15, 0.2) is 0 Å². The predicted octanol–water partition coefficient (Wildman–Crippen LogP) is 2.83. The molecule has 0 aliphatic heterocycles. The van der Waals surface area contributed by atoms with Gasteiger partial charge in [0.2, 0.25) is 0 Å². The molecule has 0 aliphatic rings. The van der Waals surface area contributed by atoms with E-state index in [9.17, 15) is 14.0 Å². The molecule has 0 radical (unpaired) electrons. The first-order valence-corrected chi connectivity index (χ1v) is 7.86. The van der Waals surface area contributed by atoms with Gasteiger partial charge in [0.05, 0.1) is 18.3 Å². The number of halogens is 1. The van der Waals surface area contributed by atoms with Crippen LogP contribution in [0.2, 0.25) is 0 Å². The summed E-state index contributed by atoms with van der Waals surface area (Å²) >= 11 is 1.33. The Labute approximate surface area is 135 Å². The Kier molecular flexibility index (Phi) is 4.20. The Morgan fingerprint density at radius 1 is 1.35 bits per heavy atom. The van der Waals surface area contributed by atoms with Crippen molar-refractivity contribution in [1.82, 2.24) is 9.55 Å². The van der Waals surface area contributed by atoms with Crippen molar-refractivity contribution >= 4 is 27.5 Å². The third-order valence-electron chi connectivity index (χ3n) is 3.32. The number of rotatable bonds is 4. The van der Waals surface area contributed by atoms with Crippen LogP contribution in [0.5, 0.6) is 0 Å². The molecular formula is C16H13FN2O3S. The standard InChI is InChI=1S/C16H13FN2O3S/c1-2-22-13(20)7-19-9-18-15-14(16(19)21)12(8-23-15)10-3-5-11(17)6-4-10/h3-6,8-9H,2,7H2,1H3. The highest BCUT2D eigenvalue weighted by atomic mass is 32.1. The van der Waals surface area contributed by atoms with Crippen molar-refractivity contribution in [1.29, 1.82) is 0 Å². The third kappa shape index (κ3) is 3.00. The maximum absolute atomic E-state index is 13.1. The summed E-state index contributed by atoms with van der Waals surface area (Å²) in [6.45, 7) is 1.77. The number of hydrogen-bond donors (Lipinski definition) is 0. The highest BCUT2D eigenvalue weighted by molar-refractivity contribution is 7.17. The summed E-state index contributed by atoms with van der Waals surface area (Å²) in [5, 5.41) is 2.23. The summed E-state index contributed by atoms with van der Waals surface area (Å²) in [6, 6.07) is 5.90. The van der Waals surface area contributed by atoms with Crippen LogP contribution >= 0.6 is 11.3 Å². The zero-order chi connectivity index (χ0) is 16.4. The second kappa shape index (κ2) is 6.29. The first kappa shape index (κ1) is 15.4. The normalized spacial score (nSPS) is 10.9. The minimum Gasteiger partial charge on any atom is -0.465 e. The number of esters is 1. The van der Waals surface area contributed by atoms with E-state index < -0.39 is 5.97 Å². The van der Waals surface area contributed by atoms with Gasteiger partial charge in [0.1, 0.15) is 17.2 Å². The van der Waals surface area contributed by atoms with Crippen molar-refractivity contribution in [3.05, 3.63) is 52.1 Å². The molecule has 23 heavy (non-hydrogen) atoms. The summed E-state index contributed by atoms with van der Waals surface area (Å²) < 4.78 is 19.2. The van der Waals surface area contributed by atoms with Crippen molar-refractivity contribution < 1.29 is 13.9 Å².